The first-order chi connectivity index (χ1) is 9.10. The topological polar surface area (TPSA) is 63.8 Å². The summed E-state index contributed by atoms with van der Waals surface area (Å²) >= 11 is 10.3. The molecule has 1 aromatic carbocycles. The van der Waals surface area contributed by atoms with Gasteiger partial charge in [0.2, 0.25) is 0 Å². The summed E-state index contributed by atoms with van der Waals surface area (Å²) in [4.78, 5) is 0.794. The summed E-state index contributed by atoms with van der Waals surface area (Å²) in [5.74, 6) is 5.05. The first-order valence-corrected chi connectivity index (χ1v) is 7.45. The molecular weight excluding hydrogens is 355 g/mol. The zero-order chi connectivity index (χ0) is 14.0. The highest BCUT2D eigenvalue weighted by Gasteiger charge is 2.24. The molecule has 2 rings (SSSR count). The van der Waals surface area contributed by atoms with E-state index >= 15 is 0 Å². The molecule has 4 nitrogen and oxygen atoms in total. The maximum atomic E-state index is 14.2. The maximum Gasteiger partial charge on any atom is 0.148 e. The third-order valence-corrected chi connectivity index (χ3v) is 4.81. The minimum absolute atomic E-state index is 0.0354. The van der Waals surface area contributed by atoms with Crippen molar-refractivity contribution in [2.45, 2.75) is 19.4 Å². The van der Waals surface area contributed by atoms with Gasteiger partial charge in [0.1, 0.15) is 5.82 Å². The summed E-state index contributed by atoms with van der Waals surface area (Å²) in [7, 11) is 0. The van der Waals surface area contributed by atoms with Crippen LogP contribution < -0.4 is 11.3 Å². The lowest BCUT2D eigenvalue weighted by Crippen LogP contribution is -2.29. The number of nitrogens with two attached hydrogens (primary N) is 1. The average molecular weight is 366 g/mol. The predicted octanol–water partition coefficient (Wildman–Crippen LogP) is 3.21. The smallest absolute Gasteiger partial charge is 0.148 e. The zero-order valence-electron chi connectivity index (χ0n) is 9.95. The van der Waals surface area contributed by atoms with Crippen molar-refractivity contribution in [2.75, 3.05) is 0 Å². The Morgan fingerprint density at radius 1 is 1.58 bits per heavy atom. The van der Waals surface area contributed by atoms with E-state index in [-0.39, 0.29) is 5.02 Å². The highest BCUT2D eigenvalue weighted by Crippen LogP contribution is 2.34. The van der Waals surface area contributed by atoms with E-state index in [2.05, 4.69) is 30.9 Å². The van der Waals surface area contributed by atoms with Gasteiger partial charge >= 0.3 is 0 Å². The molecule has 0 aliphatic carbocycles. The Morgan fingerprint density at radius 2 is 2.32 bits per heavy atom. The third-order valence-electron chi connectivity index (χ3n) is 2.72. The monoisotopic (exact) mass is 364 g/mol. The first kappa shape index (κ1) is 14.8. The van der Waals surface area contributed by atoms with Gasteiger partial charge in [-0.15, -0.1) is 5.10 Å². The normalized spacial score (nSPS) is 12.7. The minimum atomic E-state index is -0.513. The highest BCUT2D eigenvalue weighted by molar-refractivity contribution is 9.10. The van der Waals surface area contributed by atoms with E-state index in [1.165, 1.54) is 11.5 Å². The van der Waals surface area contributed by atoms with Gasteiger partial charge in [0.05, 0.1) is 21.6 Å². The van der Waals surface area contributed by atoms with Crippen molar-refractivity contribution in [1.82, 2.24) is 15.0 Å². The molecule has 0 bridgehead atoms. The van der Waals surface area contributed by atoms with Gasteiger partial charge in [-0.2, -0.15) is 0 Å². The molecule has 0 saturated carbocycles. The Morgan fingerprint density at radius 3 is 2.95 bits per heavy atom. The molecule has 2 aromatic rings. The predicted molar refractivity (Wildman–Crippen MR) is 77.6 cm³/mol. The molecule has 0 aliphatic rings. The number of hydrogen-bond acceptors (Lipinski definition) is 5. The Balaban J connectivity index is 2.52. The highest BCUT2D eigenvalue weighted by atomic mass is 79.9. The third kappa shape index (κ3) is 2.80. The Kier molecular flexibility index (Phi) is 4.86. The van der Waals surface area contributed by atoms with Gasteiger partial charge in [0.25, 0.3) is 0 Å². The van der Waals surface area contributed by atoms with Gasteiger partial charge in [0, 0.05) is 10.0 Å². The van der Waals surface area contributed by atoms with Crippen molar-refractivity contribution >= 4 is 39.1 Å². The summed E-state index contributed by atoms with van der Waals surface area (Å²) in [6.45, 7) is 1.96. The summed E-state index contributed by atoms with van der Waals surface area (Å²) in [5, 5.41) is 4.04. The van der Waals surface area contributed by atoms with Crippen molar-refractivity contribution in [3.63, 3.8) is 0 Å². The average Bonchev–Trinajstić information content (AvgIpc) is 2.88. The lowest BCUT2D eigenvalue weighted by Gasteiger charge is -2.17. The molecule has 0 aliphatic heterocycles. The lowest BCUT2D eigenvalue weighted by atomic mass is 10.0. The molecule has 0 radical (unpaired) electrons. The Hall–Kier alpha value is -0.600. The van der Waals surface area contributed by atoms with Gasteiger partial charge in [-0.05, 0) is 39.9 Å². The summed E-state index contributed by atoms with van der Waals surface area (Å²) < 4.78 is 18.6. The summed E-state index contributed by atoms with van der Waals surface area (Å²) in [5.41, 5.74) is 3.77. The molecule has 0 spiro atoms. The van der Waals surface area contributed by atoms with Crippen molar-refractivity contribution < 1.29 is 4.39 Å². The van der Waals surface area contributed by atoms with Crippen LogP contribution in [-0.2, 0) is 6.42 Å². The van der Waals surface area contributed by atoms with Gasteiger partial charge in [-0.25, -0.2) is 9.82 Å². The number of nitrogens with zero attached hydrogens (tertiary/aromatic N) is 2. The van der Waals surface area contributed by atoms with E-state index in [9.17, 15) is 4.39 Å². The second-order valence-electron chi connectivity index (χ2n) is 3.80. The largest absolute Gasteiger partial charge is 0.271 e. The van der Waals surface area contributed by atoms with Crippen LogP contribution in [0.15, 0.2) is 16.6 Å². The van der Waals surface area contributed by atoms with Crippen LogP contribution in [0.2, 0.25) is 5.02 Å². The van der Waals surface area contributed by atoms with Gasteiger partial charge in [-0.3, -0.25) is 5.84 Å². The van der Waals surface area contributed by atoms with Crippen LogP contribution in [0.5, 0.6) is 0 Å². The number of rotatable bonds is 4. The fourth-order valence-corrected chi connectivity index (χ4v) is 3.05. The maximum absolute atomic E-state index is 14.2. The fraction of sp³-hybridized carbons (Fsp3) is 0.273. The van der Waals surface area contributed by atoms with Gasteiger partial charge < -0.3 is 0 Å². The Labute approximate surface area is 127 Å². The van der Waals surface area contributed by atoms with Crippen molar-refractivity contribution in [2.24, 2.45) is 5.84 Å². The van der Waals surface area contributed by atoms with Crippen LogP contribution in [0.1, 0.15) is 29.1 Å². The van der Waals surface area contributed by atoms with Crippen molar-refractivity contribution in [1.29, 1.82) is 0 Å². The minimum Gasteiger partial charge on any atom is -0.271 e. The molecule has 0 saturated heterocycles. The molecule has 1 aromatic heterocycles. The lowest BCUT2D eigenvalue weighted by molar-refractivity contribution is 0.561. The van der Waals surface area contributed by atoms with Crippen molar-refractivity contribution in [3.8, 4) is 0 Å². The molecule has 3 N–H and O–H groups in total. The van der Waals surface area contributed by atoms with E-state index < -0.39 is 11.9 Å². The molecular formula is C11H11BrClFN4S. The number of nitrogens with one attached hydrogen (secondary N) is 1. The van der Waals surface area contributed by atoms with E-state index in [4.69, 9.17) is 17.4 Å². The second-order valence-corrected chi connectivity index (χ2v) is 5.82. The summed E-state index contributed by atoms with van der Waals surface area (Å²) in [6, 6.07) is 2.81. The number of hydrogen-bond donors (Lipinski definition) is 2. The number of hydrazine groups is 1. The molecule has 8 heteroatoms. The van der Waals surface area contributed by atoms with Crippen LogP contribution in [0, 0.1) is 5.82 Å². The molecule has 1 atom stereocenters. The van der Waals surface area contributed by atoms with Crippen LogP contribution >= 0.6 is 39.1 Å². The molecule has 0 amide bonds. The number of aromatic nitrogens is 2. The number of aryl methyl sites for hydroxylation is 1. The molecule has 19 heavy (non-hydrogen) atoms. The van der Waals surface area contributed by atoms with E-state index in [0.29, 0.717) is 16.5 Å². The SMILES string of the molecule is CCc1nnsc1C(NN)c1ccc(Br)c(Cl)c1F. The van der Waals surface area contributed by atoms with Gasteiger partial charge in [-0.1, -0.05) is 29.1 Å². The summed E-state index contributed by atoms with van der Waals surface area (Å²) in [6.07, 6.45) is 0.704. The number of benzene rings is 1. The van der Waals surface area contributed by atoms with Crippen LogP contribution in [0.3, 0.4) is 0 Å². The van der Waals surface area contributed by atoms with E-state index in [0.717, 1.165) is 10.6 Å². The first-order valence-electron chi connectivity index (χ1n) is 5.50. The van der Waals surface area contributed by atoms with Crippen LogP contribution in [0.4, 0.5) is 4.39 Å². The van der Waals surface area contributed by atoms with Crippen LogP contribution in [0.25, 0.3) is 0 Å². The molecule has 1 unspecified atom stereocenters. The standard InChI is InChI=1S/C11H11BrClFN4S/c1-2-7-11(19-18-17-7)10(16-15)5-3-4-6(12)8(13)9(5)14/h3-4,10,16H,2,15H2,1H3. The van der Waals surface area contributed by atoms with E-state index in [1.54, 1.807) is 12.1 Å². The molecule has 0 fully saturated rings. The second kappa shape index (κ2) is 6.23. The fourth-order valence-electron chi connectivity index (χ4n) is 1.75. The van der Waals surface area contributed by atoms with Crippen LogP contribution in [-0.4, -0.2) is 9.59 Å². The zero-order valence-corrected chi connectivity index (χ0v) is 13.1. The molecule has 102 valence electrons. The Bertz CT molecular complexity index is 592. The number of halogens is 3. The van der Waals surface area contributed by atoms with Gasteiger partial charge in [0.15, 0.2) is 0 Å². The van der Waals surface area contributed by atoms with E-state index in [1.807, 2.05) is 6.92 Å². The quantitative estimate of drug-likeness (QED) is 0.496. The van der Waals surface area contributed by atoms with Crippen molar-refractivity contribution in [3.05, 3.63) is 43.6 Å². The molecule has 1 heterocycles.